The molecule has 5 rings (SSSR count). The Morgan fingerprint density at radius 3 is 2.54 bits per heavy atom. The summed E-state index contributed by atoms with van der Waals surface area (Å²) in [6, 6.07) is 13.1. The molecule has 0 unspecified atom stereocenters. The molecule has 2 aromatic carbocycles. The average molecular weight is 510 g/mol. The highest BCUT2D eigenvalue weighted by Crippen LogP contribution is 2.41. The SMILES string of the molecule is O=C(O)/C=C/c1cc(Cl)c(Oc2ccncc2C(=O)N2CCN(C3CC3)c3ccccc32)cc1Cl. The van der Waals surface area contributed by atoms with Crippen LogP contribution >= 0.6 is 23.2 Å². The quantitative estimate of drug-likeness (QED) is 0.416. The van der Waals surface area contributed by atoms with E-state index in [4.69, 9.17) is 33.0 Å². The number of aromatic nitrogens is 1. The van der Waals surface area contributed by atoms with E-state index < -0.39 is 5.97 Å². The van der Waals surface area contributed by atoms with Crippen molar-refractivity contribution in [1.82, 2.24) is 4.98 Å². The highest BCUT2D eigenvalue weighted by Gasteiger charge is 2.36. The van der Waals surface area contributed by atoms with Crippen LogP contribution in [0.4, 0.5) is 11.4 Å². The summed E-state index contributed by atoms with van der Waals surface area (Å²) >= 11 is 12.7. The molecule has 1 saturated carbocycles. The molecule has 1 aliphatic heterocycles. The van der Waals surface area contributed by atoms with E-state index in [0.717, 1.165) is 24.0 Å². The van der Waals surface area contributed by atoms with Gasteiger partial charge in [-0.3, -0.25) is 9.78 Å². The number of pyridine rings is 1. The van der Waals surface area contributed by atoms with E-state index in [-0.39, 0.29) is 21.7 Å². The van der Waals surface area contributed by atoms with Gasteiger partial charge in [0, 0.05) is 43.7 Å². The average Bonchev–Trinajstić information content (AvgIpc) is 3.70. The van der Waals surface area contributed by atoms with E-state index in [1.54, 1.807) is 11.0 Å². The number of carbonyl (C=O) groups excluding carboxylic acids is 1. The van der Waals surface area contributed by atoms with E-state index in [1.807, 2.05) is 18.2 Å². The zero-order valence-electron chi connectivity index (χ0n) is 18.5. The van der Waals surface area contributed by atoms with Crippen molar-refractivity contribution in [3.8, 4) is 11.5 Å². The summed E-state index contributed by atoms with van der Waals surface area (Å²) in [5, 5.41) is 9.33. The molecule has 1 aliphatic carbocycles. The number of para-hydroxylation sites is 2. The Labute approximate surface area is 212 Å². The van der Waals surface area contributed by atoms with Gasteiger partial charge in [0.2, 0.25) is 0 Å². The van der Waals surface area contributed by atoms with Crippen molar-refractivity contribution in [2.75, 3.05) is 22.9 Å². The van der Waals surface area contributed by atoms with Gasteiger partial charge >= 0.3 is 5.97 Å². The van der Waals surface area contributed by atoms with Gasteiger partial charge in [-0.2, -0.15) is 0 Å². The number of aliphatic carboxylic acids is 1. The minimum atomic E-state index is -1.10. The number of carboxylic acids is 1. The smallest absolute Gasteiger partial charge is 0.328 e. The van der Waals surface area contributed by atoms with E-state index in [9.17, 15) is 9.59 Å². The number of carboxylic acid groups (broad SMARTS) is 1. The summed E-state index contributed by atoms with van der Waals surface area (Å²) in [7, 11) is 0. The minimum absolute atomic E-state index is 0.220. The van der Waals surface area contributed by atoms with Crippen molar-refractivity contribution in [3.05, 3.63) is 82.1 Å². The number of benzene rings is 2. The standard InChI is InChI=1S/C26H21Cl2N3O4/c27-19-14-24(20(28)13-16(19)5-8-25(32)33)35-23-9-10-29-15-18(23)26(34)31-12-11-30(17-6-7-17)21-3-1-2-4-22(21)31/h1-5,8-10,13-15,17H,6-7,11-12H2,(H,32,33)/b8-5+. The van der Waals surface area contributed by atoms with Crippen molar-refractivity contribution >= 4 is 52.5 Å². The molecule has 2 aliphatic rings. The van der Waals surface area contributed by atoms with Gasteiger partial charge in [-0.15, -0.1) is 0 Å². The molecule has 1 fully saturated rings. The monoisotopic (exact) mass is 509 g/mol. The van der Waals surface area contributed by atoms with E-state index in [1.165, 1.54) is 43.4 Å². The maximum Gasteiger partial charge on any atom is 0.328 e. The first-order valence-electron chi connectivity index (χ1n) is 11.1. The number of halogens is 2. The first-order chi connectivity index (χ1) is 16.9. The van der Waals surface area contributed by atoms with Crippen molar-refractivity contribution in [1.29, 1.82) is 0 Å². The Bertz CT molecular complexity index is 1340. The zero-order chi connectivity index (χ0) is 24.5. The lowest BCUT2D eigenvalue weighted by Crippen LogP contribution is -2.45. The number of anilines is 2. The molecule has 9 heteroatoms. The summed E-state index contributed by atoms with van der Waals surface area (Å²) in [6.07, 6.45) is 7.69. The van der Waals surface area contributed by atoms with Gasteiger partial charge in [-0.05, 0) is 48.7 Å². The summed E-state index contributed by atoms with van der Waals surface area (Å²) in [4.78, 5) is 32.8. The Balaban J connectivity index is 1.44. The van der Waals surface area contributed by atoms with Crippen molar-refractivity contribution in [2.45, 2.75) is 18.9 Å². The molecule has 0 spiro atoms. The minimum Gasteiger partial charge on any atom is -0.478 e. The van der Waals surface area contributed by atoms with Gasteiger partial charge in [0.05, 0.1) is 21.4 Å². The summed E-state index contributed by atoms with van der Waals surface area (Å²) < 4.78 is 6.02. The molecule has 1 amide bonds. The molecule has 0 radical (unpaired) electrons. The number of hydrogen-bond acceptors (Lipinski definition) is 5. The van der Waals surface area contributed by atoms with Crippen LogP contribution in [0.2, 0.25) is 10.0 Å². The molecular weight excluding hydrogens is 489 g/mol. The van der Waals surface area contributed by atoms with Gasteiger partial charge in [0.25, 0.3) is 5.91 Å². The molecule has 1 N–H and O–H groups in total. The molecule has 2 heterocycles. The number of carbonyl (C=O) groups is 2. The molecule has 0 saturated heterocycles. The first-order valence-corrected chi connectivity index (χ1v) is 11.9. The summed E-state index contributed by atoms with van der Waals surface area (Å²) in [5.74, 6) is -0.793. The second kappa shape index (κ2) is 9.60. The third-order valence-corrected chi connectivity index (χ3v) is 6.59. The zero-order valence-corrected chi connectivity index (χ0v) is 20.0. The van der Waals surface area contributed by atoms with Crippen LogP contribution in [0.15, 0.2) is 60.9 Å². The maximum atomic E-state index is 13.7. The van der Waals surface area contributed by atoms with Crippen LogP contribution < -0.4 is 14.5 Å². The van der Waals surface area contributed by atoms with Crippen LogP contribution in [0.25, 0.3) is 6.08 Å². The molecule has 0 atom stereocenters. The summed E-state index contributed by atoms with van der Waals surface area (Å²) in [5.41, 5.74) is 2.65. The van der Waals surface area contributed by atoms with Crippen LogP contribution in [0.5, 0.6) is 11.5 Å². The second-order valence-corrected chi connectivity index (χ2v) is 9.13. The number of amides is 1. The predicted octanol–water partition coefficient (Wildman–Crippen LogP) is 5.91. The van der Waals surface area contributed by atoms with Crippen LogP contribution in [-0.4, -0.2) is 41.1 Å². The number of fused-ring (bicyclic) bond motifs is 1. The Kier molecular flexibility index (Phi) is 6.36. The van der Waals surface area contributed by atoms with Gasteiger partial charge in [0.1, 0.15) is 17.1 Å². The Morgan fingerprint density at radius 1 is 1.03 bits per heavy atom. The van der Waals surface area contributed by atoms with E-state index >= 15 is 0 Å². The topological polar surface area (TPSA) is 83.0 Å². The first kappa shape index (κ1) is 23.2. The number of ether oxygens (including phenoxy) is 1. The normalized spacial score (nSPS) is 15.3. The Hall–Kier alpha value is -3.55. The molecule has 3 aromatic rings. The Morgan fingerprint density at radius 2 is 1.80 bits per heavy atom. The highest BCUT2D eigenvalue weighted by molar-refractivity contribution is 6.35. The van der Waals surface area contributed by atoms with Crippen LogP contribution in [0, 0.1) is 0 Å². The highest BCUT2D eigenvalue weighted by atomic mass is 35.5. The van der Waals surface area contributed by atoms with Crippen LogP contribution in [0.1, 0.15) is 28.8 Å². The molecule has 178 valence electrons. The van der Waals surface area contributed by atoms with Crippen LogP contribution in [-0.2, 0) is 4.79 Å². The fourth-order valence-electron chi connectivity index (χ4n) is 4.17. The summed E-state index contributed by atoms with van der Waals surface area (Å²) in [6.45, 7) is 1.31. The number of rotatable bonds is 6. The lowest BCUT2D eigenvalue weighted by atomic mass is 10.1. The van der Waals surface area contributed by atoms with Gasteiger partial charge in [0.15, 0.2) is 0 Å². The number of hydrogen-bond donors (Lipinski definition) is 1. The number of nitrogens with zero attached hydrogens (tertiary/aromatic N) is 3. The van der Waals surface area contributed by atoms with E-state index in [2.05, 4.69) is 16.0 Å². The molecule has 35 heavy (non-hydrogen) atoms. The molecule has 0 bridgehead atoms. The predicted molar refractivity (Wildman–Crippen MR) is 136 cm³/mol. The lowest BCUT2D eigenvalue weighted by molar-refractivity contribution is -0.131. The van der Waals surface area contributed by atoms with Crippen LogP contribution in [0.3, 0.4) is 0 Å². The fraction of sp³-hybridized carbons (Fsp3) is 0.192. The van der Waals surface area contributed by atoms with Gasteiger partial charge < -0.3 is 19.6 Å². The largest absolute Gasteiger partial charge is 0.478 e. The van der Waals surface area contributed by atoms with Gasteiger partial charge in [-0.1, -0.05) is 35.3 Å². The molecule has 1 aromatic heterocycles. The maximum absolute atomic E-state index is 13.7. The second-order valence-electron chi connectivity index (χ2n) is 8.32. The molecule has 7 nitrogen and oxygen atoms in total. The van der Waals surface area contributed by atoms with Crippen molar-refractivity contribution < 1.29 is 19.4 Å². The van der Waals surface area contributed by atoms with Crippen molar-refractivity contribution in [3.63, 3.8) is 0 Å². The molecular formula is C26H21Cl2N3O4. The third-order valence-electron chi connectivity index (χ3n) is 5.97. The third kappa shape index (κ3) is 4.83. The van der Waals surface area contributed by atoms with E-state index in [0.29, 0.717) is 29.5 Å². The van der Waals surface area contributed by atoms with Crippen molar-refractivity contribution in [2.24, 2.45) is 0 Å². The fourth-order valence-corrected chi connectivity index (χ4v) is 4.59. The van der Waals surface area contributed by atoms with Gasteiger partial charge in [-0.25, -0.2) is 4.79 Å². The lowest BCUT2D eigenvalue weighted by Gasteiger charge is -2.38.